The van der Waals surface area contributed by atoms with Crippen LogP contribution in [0.4, 0.5) is 4.39 Å². The number of benzene rings is 1. The van der Waals surface area contributed by atoms with Crippen molar-refractivity contribution in [1.29, 1.82) is 0 Å². The van der Waals surface area contributed by atoms with Gasteiger partial charge in [0.25, 0.3) is 0 Å². The second-order valence-electron chi connectivity index (χ2n) is 6.21. The van der Waals surface area contributed by atoms with Crippen LogP contribution in [0.15, 0.2) is 42.6 Å². The number of nitrogens with one attached hydrogen (secondary N) is 1. The molecule has 0 saturated heterocycles. The number of hydrogen-bond acceptors (Lipinski definition) is 3. The molecule has 0 fully saturated rings. The van der Waals surface area contributed by atoms with Gasteiger partial charge in [0.2, 0.25) is 5.91 Å². The van der Waals surface area contributed by atoms with E-state index in [-0.39, 0.29) is 24.2 Å². The van der Waals surface area contributed by atoms with Crippen LogP contribution in [0.1, 0.15) is 31.3 Å². The zero-order valence-electron chi connectivity index (χ0n) is 14.4. The van der Waals surface area contributed by atoms with E-state index in [9.17, 15) is 9.18 Å². The summed E-state index contributed by atoms with van der Waals surface area (Å²) in [6, 6.07) is 10.3. The number of rotatable bonds is 6. The fraction of sp³-hybridized carbons (Fsp3) is 0.316. The van der Waals surface area contributed by atoms with Crippen LogP contribution in [-0.4, -0.2) is 27.0 Å². The Labute approximate surface area is 145 Å². The maximum absolute atomic E-state index is 13.6. The van der Waals surface area contributed by atoms with Crippen LogP contribution < -0.4 is 5.32 Å². The summed E-state index contributed by atoms with van der Waals surface area (Å²) in [7, 11) is 0. The Hall–Kier alpha value is -2.76. The zero-order valence-corrected chi connectivity index (χ0v) is 14.4. The average Bonchev–Trinajstić information content (AvgIpc) is 2.95. The van der Waals surface area contributed by atoms with Gasteiger partial charge in [0.05, 0.1) is 6.42 Å². The molecule has 0 atom stereocenters. The number of carbonyl (C=O) groups excluding carboxylic acids is 1. The average molecular weight is 340 g/mol. The fourth-order valence-electron chi connectivity index (χ4n) is 2.89. The van der Waals surface area contributed by atoms with Crippen LogP contribution in [0.25, 0.3) is 11.2 Å². The van der Waals surface area contributed by atoms with E-state index >= 15 is 0 Å². The molecule has 0 aliphatic carbocycles. The Balaban J connectivity index is 1.64. The number of carbonyl (C=O) groups is 1. The van der Waals surface area contributed by atoms with Gasteiger partial charge in [-0.2, -0.15) is 0 Å². The van der Waals surface area contributed by atoms with Gasteiger partial charge in [-0.25, -0.2) is 14.4 Å². The Morgan fingerprint density at radius 2 is 2.04 bits per heavy atom. The number of pyridine rings is 1. The van der Waals surface area contributed by atoms with Crippen LogP contribution in [-0.2, 0) is 17.6 Å². The van der Waals surface area contributed by atoms with Crippen molar-refractivity contribution in [3.8, 4) is 0 Å². The molecule has 0 bridgehead atoms. The maximum atomic E-state index is 13.6. The number of halogens is 1. The predicted molar refractivity (Wildman–Crippen MR) is 94.7 cm³/mol. The molecule has 3 rings (SSSR count). The molecule has 0 unspecified atom stereocenters. The molecule has 3 aromatic rings. The molecule has 0 aliphatic rings. The lowest BCUT2D eigenvalue weighted by Gasteiger charge is -2.12. The van der Waals surface area contributed by atoms with Gasteiger partial charge in [-0.05, 0) is 37.6 Å². The molecule has 2 aromatic heterocycles. The van der Waals surface area contributed by atoms with Crippen LogP contribution in [0.3, 0.4) is 0 Å². The van der Waals surface area contributed by atoms with Crippen molar-refractivity contribution in [2.24, 2.45) is 0 Å². The lowest BCUT2D eigenvalue weighted by Crippen LogP contribution is -2.28. The van der Waals surface area contributed by atoms with Gasteiger partial charge >= 0.3 is 0 Å². The number of hydrogen-bond donors (Lipinski definition) is 1. The maximum Gasteiger partial charge on any atom is 0.224 e. The highest BCUT2D eigenvalue weighted by Crippen LogP contribution is 2.19. The molecule has 0 saturated carbocycles. The van der Waals surface area contributed by atoms with E-state index in [0.29, 0.717) is 18.5 Å². The molecule has 0 spiro atoms. The molecule has 6 heteroatoms. The first-order chi connectivity index (χ1) is 12.1. The van der Waals surface area contributed by atoms with Gasteiger partial charge in [-0.1, -0.05) is 18.2 Å². The summed E-state index contributed by atoms with van der Waals surface area (Å²) in [6.07, 6.45) is 2.38. The normalized spacial score (nSPS) is 11.2. The van der Waals surface area contributed by atoms with Gasteiger partial charge < -0.3 is 9.88 Å². The second-order valence-corrected chi connectivity index (χ2v) is 6.21. The number of fused-ring (bicyclic) bond motifs is 1. The molecule has 25 heavy (non-hydrogen) atoms. The first-order valence-corrected chi connectivity index (χ1v) is 8.38. The zero-order chi connectivity index (χ0) is 17.8. The van der Waals surface area contributed by atoms with Crippen LogP contribution in [0.5, 0.6) is 0 Å². The molecule has 5 nitrogen and oxygen atoms in total. The van der Waals surface area contributed by atoms with Crippen LogP contribution >= 0.6 is 0 Å². The Morgan fingerprint density at radius 3 is 2.80 bits per heavy atom. The summed E-state index contributed by atoms with van der Waals surface area (Å²) in [5.74, 6) is 0.329. The van der Waals surface area contributed by atoms with Crippen molar-refractivity contribution in [2.45, 2.75) is 32.7 Å². The highest BCUT2D eigenvalue weighted by molar-refractivity contribution is 5.78. The molecular formula is C19H21FN4O. The molecule has 1 aromatic carbocycles. The van der Waals surface area contributed by atoms with E-state index in [4.69, 9.17) is 0 Å². The quantitative estimate of drug-likeness (QED) is 0.750. The molecule has 130 valence electrons. The third-order valence-electron chi connectivity index (χ3n) is 4.02. The standard InChI is InChI=1S/C19H21FN4O/c1-13(2)24-17(23-16-8-5-10-22-19(16)24)9-11-21-18(25)12-14-6-3-4-7-15(14)20/h3-8,10,13H,9,11-12H2,1-2H3,(H,21,25). The highest BCUT2D eigenvalue weighted by atomic mass is 19.1. The fourth-order valence-corrected chi connectivity index (χ4v) is 2.89. The van der Waals surface area contributed by atoms with Crippen molar-refractivity contribution in [3.05, 3.63) is 59.8 Å². The van der Waals surface area contributed by atoms with Crippen molar-refractivity contribution >= 4 is 17.1 Å². The Morgan fingerprint density at radius 1 is 1.24 bits per heavy atom. The first kappa shape index (κ1) is 17.1. The Bertz CT molecular complexity index is 888. The van der Waals surface area contributed by atoms with Gasteiger partial charge in [0.1, 0.15) is 17.2 Å². The van der Waals surface area contributed by atoms with E-state index in [2.05, 4.69) is 33.7 Å². The number of aromatic nitrogens is 3. The van der Waals surface area contributed by atoms with E-state index < -0.39 is 0 Å². The third kappa shape index (κ3) is 3.84. The summed E-state index contributed by atoms with van der Waals surface area (Å²) >= 11 is 0. The minimum absolute atomic E-state index is 0.0365. The molecule has 1 amide bonds. The smallest absolute Gasteiger partial charge is 0.224 e. The van der Waals surface area contributed by atoms with E-state index in [1.807, 2.05) is 12.1 Å². The summed E-state index contributed by atoms with van der Waals surface area (Å²) in [6.45, 7) is 4.61. The highest BCUT2D eigenvalue weighted by Gasteiger charge is 2.14. The molecule has 0 radical (unpaired) electrons. The van der Waals surface area contributed by atoms with E-state index in [1.165, 1.54) is 6.07 Å². The lowest BCUT2D eigenvalue weighted by molar-refractivity contribution is -0.120. The first-order valence-electron chi connectivity index (χ1n) is 8.38. The van der Waals surface area contributed by atoms with Crippen molar-refractivity contribution in [3.63, 3.8) is 0 Å². The largest absolute Gasteiger partial charge is 0.355 e. The van der Waals surface area contributed by atoms with Gasteiger partial charge in [0, 0.05) is 25.2 Å². The molecule has 0 aliphatic heterocycles. The van der Waals surface area contributed by atoms with Crippen LogP contribution in [0.2, 0.25) is 0 Å². The van der Waals surface area contributed by atoms with Gasteiger partial charge in [-0.3, -0.25) is 4.79 Å². The number of nitrogens with zero attached hydrogens (tertiary/aromatic N) is 3. The van der Waals surface area contributed by atoms with Crippen molar-refractivity contribution in [1.82, 2.24) is 19.9 Å². The van der Waals surface area contributed by atoms with Gasteiger partial charge in [0.15, 0.2) is 5.65 Å². The molecular weight excluding hydrogens is 319 g/mol. The minimum atomic E-state index is -0.356. The molecule has 1 N–H and O–H groups in total. The van der Waals surface area contributed by atoms with Crippen LogP contribution in [0, 0.1) is 5.82 Å². The summed E-state index contributed by atoms with van der Waals surface area (Å²) < 4.78 is 15.7. The van der Waals surface area contributed by atoms with E-state index in [0.717, 1.165) is 17.0 Å². The van der Waals surface area contributed by atoms with Crippen molar-refractivity contribution < 1.29 is 9.18 Å². The summed E-state index contributed by atoms with van der Waals surface area (Å²) in [4.78, 5) is 21.0. The second kappa shape index (κ2) is 7.42. The number of imidazole rings is 1. The third-order valence-corrected chi connectivity index (χ3v) is 4.02. The lowest BCUT2D eigenvalue weighted by atomic mass is 10.1. The van der Waals surface area contributed by atoms with Gasteiger partial charge in [-0.15, -0.1) is 0 Å². The molecule has 2 heterocycles. The number of amides is 1. The topological polar surface area (TPSA) is 59.8 Å². The Kier molecular flexibility index (Phi) is 5.07. The monoisotopic (exact) mass is 340 g/mol. The SMILES string of the molecule is CC(C)n1c(CCNC(=O)Cc2ccccc2F)nc2cccnc21. The summed E-state index contributed by atoms with van der Waals surface area (Å²) in [5.41, 5.74) is 2.10. The summed E-state index contributed by atoms with van der Waals surface area (Å²) in [5, 5.41) is 2.84. The van der Waals surface area contributed by atoms with E-state index in [1.54, 1.807) is 24.4 Å². The minimum Gasteiger partial charge on any atom is -0.355 e. The predicted octanol–water partition coefficient (Wildman–Crippen LogP) is 3.05. The van der Waals surface area contributed by atoms with Crippen molar-refractivity contribution in [2.75, 3.05) is 6.54 Å².